The zero-order valence-electron chi connectivity index (χ0n) is 22.9. The first kappa shape index (κ1) is 26.8. The molecule has 0 amide bonds. The highest BCUT2D eigenvalue weighted by atomic mass is 32.1. The number of methoxy groups -OCH3 is 2. The third-order valence-corrected chi connectivity index (χ3v) is 8.22. The molecule has 2 aliphatic heterocycles. The van der Waals surface area contributed by atoms with E-state index < -0.39 is 12.0 Å². The predicted molar refractivity (Wildman–Crippen MR) is 149 cm³/mol. The Morgan fingerprint density at radius 3 is 2.64 bits per heavy atom. The van der Waals surface area contributed by atoms with Gasteiger partial charge in [0.05, 0.1) is 36.6 Å². The fraction of sp³-hybridized carbons (Fsp3) is 0.414. The summed E-state index contributed by atoms with van der Waals surface area (Å²) in [5.41, 5.74) is 1.13. The van der Waals surface area contributed by atoms with Crippen LogP contribution in [0.2, 0.25) is 0 Å². The van der Waals surface area contributed by atoms with Crippen molar-refractivity contribution in [2.75, 3.05) is 38.8 Å². The lowest BCUT2D eigenvalue weighted by molar-refractivity contribution is -0.139. The van der Waals surface area contributed by atoms with Gasteiger partial charge in [-0.1, -0.05) is 18.3 Å². The van der Waals surface area contributed by atoms with Crippen molar-refractivity contribution in [1.82, 2.24) is 4.57 Å². The van der Waals surface area contributed by atoms with Crippen LogP contribution in [-0.2, 0) is 9.53 Å². The van der Waals surface area contributed by atoms with Crippen molar-refractivity contribution in [3.63, 3.8) is 0 Å². The van der Waals surface area contributed by atoms with E-state index >= 15 is 0 Å². The van der Waals surface area contributed by atoms with E-state index in [4.69, 9.17) is 18.6 Å². The fourth-order valence-corrected chi connectivity index (χ4v) is 6.10. The average molecular weight is 552 g/mol. The van der Waals surface area contributed by atoms with Crippen LogP contribution >= 0.6 is 11.3 Å². The summed E-state index contributed by atoms with van der Waals surface area (Å²) in [5.74, 6) is 2.67. The number of carbonyl (C=O) groups is 1. The van der Waals surface area contributed by atoms with Crippen LogP contribution in [0.5, 0.6) is 11.5 Å². The van der Waals surface area contributed by atoms with Gasteiger partial charge in [0.25, 0.3) is 5.56 Å². The molecule has 4 heterocycles. The maximum atomic E-state index is 13.9. The second-order valence-electron chi connectivity index (χ2n) is 9.76. The molecule has 2 aliphatic rings. The molecule has 0 unspecified atom stereocenters. The maximum absolute atomic E-state index is 13.9. The van der Waals surface area contributed by atoms with Gasteiger partial charge in [0.15, 0.2) is 10.7 Å². The topological polar surface area (TPSA) is 95.5 Å². The Bertz CT molecular complexity index is 1590. The molecule has 1 aromatic carbocycles. The smallest absolute Gasteiger partial charge is 0.338 e. The molecule has 206 valence electrons. The van der Waals surface area contributed by atoms with Crippen LogP contribution in [0, 0.1) is 5.92 Å². The van der Waals surface area contributed by atoms with Crippen molar-refractivity contribution >= 4 is 29.3 Å². The molecule has 2 aromatic heterocycles. The van der Waals surface area contributed by atoms with E-state index in [9.17, 15) is 9.59 Å². The number of rotatable bonds is 7. The minimum absolute atomic E-state index is 0.198. The molecule has 3 aromatic rings. The number of hydrogen-bond donors (Lipinski definition) is 0. The Labute approximate surface area is 230 Å². The lowest BCUT2D eigenvalue weighted by Crippen LogP contribution is -2.40. The molecule has 0 spiro atoms. The number of nitrogens with zero attached hydrogens (tertiary/aromatic N) is 3. The van der Waals surface area contributed by atoms with Crippen LogP contribution in [0.4, 0.5) is 5.88 Å². The molecule has 0 bridgehead atoms. The number of aromatic nitrogens is 1. The highest BCUT2D eigenvalue weighted by molar-refractivity contribution is 7.07. The number of benzene rings is 1. The summed E-state index contributed by atoms with van der Waals surface area (Å²) in [5, 5.41) is 0. The number of carbonyl (C=O) groups excluding carboxylic acids is 1. The van der Waals surface area contributed by atoms with E-state index in [-0.39, 0.29) is 12.2 Å². The molecule has 5 rings (SSSR count). The van der Waals surface area contributed by atoms with Crippen molar-refractivity contribution in [3.05, 3.63) is 72.6 Å². The molecule has 10 heteroatoms. The maximum Gasteiger partial charge on any atom is 0.338 e. The zero-order chi connectivity index (χ0) is 27.7. The van der Waals surface area contributed by atoms with Crippen molar-refractivity contribution < 1.29 is 23.4 Å². The summed E-state index contributed by atoms with van der Waals surface area (Å²) in [6.45, 7) is 7.88. The largest absolute Gasteiger partial charge is 0.497 e. The summed E-state index contributed by atoms with van der Waals surface area (Å²) in [6, 6.07) is 8.35. The third-order valence-electron chi connectivity index (χ3n) is 7.23. The SMILES string of the molecule is CCOC(=O)C1=C(C)N=c2s/c(=C/c3ccc(N4CCC(C)CC4)o3)c(=O)n2[C@H]1c1ccc(OC)cc1OC. The van der Waals surface area contributed by atoms with Crippen LogP contribution in [0.1, 0.15) is 51.0 Å². The lowest BCUT2D eigenvalue weighted by Gasteiger charge is -2.29. The molecule has 39 heavy (non-hydrogen) atoms. The minimum Gasteiger partial charge on any atom is -0.497 e. The van der Waals surface area contributed by atoms with Gasteiger partial charge in [-0.2, -0.15) is 0 Å². The highest BCUT2D eigenvalue weighted by Crippen LogP contribution is 2.37. The standard InChI is InChI=1S/C29H33N3O6S/c1-6-37-28(34)25-18(3)30-29-32(26(25)21-9-7-19(35-4)15-22(21)36-5)27(33)23(39-29)16-20-8-10-24(38-20)31-13-11-17(2)12-14-31/h7-10,15-17,26H,6,11-14H2,1-5H3/b23-16+/t26-/m0/s1. The van der Waals surface area contributed by atoms with Gasteiger partial charge in [-0.25, -0.2) is 9.79 Å². The fourth-order valence-electron chi connectivity index (χ4n) is 5.08. The van der Waals surface area contributed by atoms with E-state index in [0.717, 1.165) is 37.7 Å². The Balaban J connectivity index is 1.62. The van der Waals surface area contributed by atoms with Crippen LogP contribution in [0.25, 0.3) is 6.08 Å². The molecule has 9 nitrogen and oxygen atoms in total. The van der Waals surface area contributed by atoms with Crippen molar-refractivity contribution in [2.24, 2.45) is 10.9 Å². The van der Waals surface area contributed by atoms with Gasteiger partial charge >= 0.3 is 5.97 Å². The number of allylic oxidation sites excluding steroid dienone is 1. The molecular formula is C29H33N3O6S. The van der Waals surface area contributed by atoms with Crippen molar-refractivity contribution in [1.29, 1.82) is 0 Å². The normalized spacial score (nSPS) is 18.1. The molecule has 0 saturated carbocycles. The van der Waals surface area contributed by atoms with E-state index in [1.807, 2.05) is 12.1 Å². The van der Waals surface area contributed by atoms with E-state index in [1.54, 1.807) is 52.3 Å². The number of furan rings is 1. The summed E-state index contributed by atoms with van der Waals surface area (Å²) >= 11 is 1.26. The number of ether oxygens (including phenoxy) is 3. The first-order chi connectivity index (χ1) is 18.8. The number of esters is 1. The minimum atomic E-state index is -0.786. The molecule has 0 radical (unpaired) electrons. The second kappa shape index (κ2) is 11.1. The molecule has 0 N–H and O–H groups in total. The predicted octanol–water partition coefficient (Wildman–Crippen LogP) is 3.64. The van der Waals surface area contributed by atoms with E-state index in [0.29, 0.717) is 43.4 Å². The van der Waals surface area contributed by atoms with Gasteiger partial charge < -0.3 is 23.5 Å². The van der Waals surface area contributed by atoms with Gasteiger partial charge in [-0.05, 0) is 50.8 Å². The number of anilines is 1. The third kappa shape index (κ3) is 5.13. The number of thiazole rings is 1. The molecule has 0 aliphatic carbocycles. The Kier molecular flexibility index (Phi) is 7.65. The van der Waals surface area contributed by atoms with Gasteiger partial charge in [0, 0.05) is 36.9 Å². The molecule has 1 atom stereocenters. The Morgan fingerprint density at radius 2 is 1.95 bits per heavy atom. The number of piperidine rings is 1. The van der Waals surface area contributed by atoms with Crippen molar-refractivity contribution in [2.45, 2.75) is 39.7 Å². The van der Waals surface area contributed by atoms with Gasteiger partial charge in [-0.3, -0.25) is 9.36 Å². The first-order valence-corrected chi connectivity index (χ1v) is 13.9. The van der Waals surface area contributed by atoms with Gasteiger partial charge in [0.2, 0.25) is 0 Å². The van der Waals surface area contributed by atoms with Crippen LogP contribution in [0.3, 0.4) is 0 Å². The zero-order valence-corrected chi connectivity index (χ0v) is 23.7. The summed E-state index contributed by atoms with van der Waals surface area (Å²) in [7, 11) is 3.11. The average Bonchev–Trinajstić information content (AvgIpc) is 3.52. The Hall–Kier alpha value is -3.79. The van der Waals surface area contributed by atoms with Gasteiger partial charge in [-0.15, -0.1) is 0 Å². The van der Waals surface area contributed by atoms with E-state index in [2.05, 4.69) is 16.8 Å². The summed E-state index contributed by atoms with van der Waals surface area (Å²) in [4.78, 5) is 34.4. The lowest BCUT2D eigenvalue weighted by atomic mass is 9.95. The van der Waals surface area contributed by atoms with E-state index in [1.165, 1.54) is 15.9 Å². The van der Waals surface area contributed by atoms with Crippen LogP contribution in [-0.4, -0.2) is 44.5 Å². The molecule has 1 fully saturated rings. The van der Waals surface area contributed by atoms with Crippen LogP contribution in [0.15, 0.2) is 55.8 Å². The quantitative estimate of drug-likeness (QED) is 0.414. The Morgan fingerprint density at radius 1 is 1.18 bits per heavy atom. The number of fused-ring (bicyclic) bond motifs is 1. The molecule has 1 saturated heterocycles. The second-order valence-corrected chi connectivity index (χ2v) is 10.8. The molecular weight excluding hydrogens is 518 g/mol. The van der Waals surface area contributed by atoms with Gasteiger partial charge in [0.1, 0.15) is 23.3 Å². The first-order valence-electron chi connectivity index (χ1n) is 13.1. The van der Waals surface area contributed by atoms with Crippen molar-refractivity contribution in [3.8, 4) is 11.5 Å². The van der Waals surface area contributed by atoms with Crippen LogP contribution < -0.4 is 29.3 Å². The summed E-state index contributed by atoms with van der Waals surface area (Å²) < 4.78 is 24.5. The highest BCUT2D eigenvalue weighted by Gasteiger charge is 2.35. The monoisotopic (exact) mass is 551 g/mol. The number of hydrogen-bond acceptors (Lipinski definition) is 9. The summed E-state index contributed by atoms with van der Waals surface area (Å²) in [6.07, 6.45) is 4.00.